The topological polar surface area (TPSA) is 80.8 Å². The van der Waals surface area contributed by atoms with Crippen molar-refractivity contribution in [3.63, 3.8) is 0 Å². The Morgan fingerprint density at radius 2 is 1.96 bits per heavy atom. The van der Waals surface area contributed by atoms with Gasteiger partial charge in [-0.1, -0.05) is 12.1 Å². The molecule has 28 heavy (non-hydrogen) atoms. The molecule has 8 heteroatoms. The first-order valence-electron chi connectivity index (χ1n) is 8.77. The van der Waals surface area contributed by atoms with Crippen molar-refractivity contribution in [3.05, 3.63) is 47.0 Å². The Balaban J connectivity index is 1.43. The number of thiazole rings is 1. The molecule has 4 rings (SSSR count). The Morgan fingerprint density at radius 3 is 2.71 bits per heavy atom. The van der Waals surface area contributed by atoms with Gasteiger partial charge in [-0.3, -0.25) is 14.5 Å². The number of ketones is 1. The van der Waals surface area contributed by atoms with E-state index >= 15 is 0 Å². The van der Waals surface area contributed by atoms with Crippen LogP contribution in [-0.4, -0.2) is 42.0 Å². The van der Waals surface area contributed by atoms with Gasteiger partial charge >= 0.3 is 0 Å². The third-order valence-electron chi connectivity index (χ3n) is 4.32. The molecule has 0 saturated heterocycles. The summed E-state index contributed by atoms with van der Waals surface area (Å²) in [4.78, 5) is 30.9. The molecule has 1 aromatic heterocycles. The standard InChI is InChI=1S/C20H19N3O4S/c1-12(24)13-7-16-17(27-11-26-16)8-15(13)21-19(25)9-23(2)10-20-22-14-5-3-4-6-18(14)28-20/h3-8H,9-11H2,1-2H3,(H,21,25). The summed E-state index contributed by atoms with van der Waals surface area (Å²) < 4.78 is 11.8. The summed E-state index contributed by atoms with van der Waals surface area (Å²) in [5, 5.41) is 3.76. The summed E-state index contributed by atoms with van der Waals surface area (Å²) in [6, 6.07) is 11.2. The Morgan fingerprint density at radius 1 is 1.21 bits per heavy atom. The Bertz CT molecular complexity index is 1030. The summed E-state index contributed by atoms with van der Waals surface area (Å²) in [6.07, 6.45) is 0. The molecule has 2 heterocycles. The molecule has 1 amide bonds. The Hall–Kier alpha value is -2.97. The molecule has 144 valence electrons. The molecule has 2 aromatic carbocycles. The second-order valence-corrected chi connectivity index (χ2v) is 7.72. The van der Waals surface area contributed by atoms with Crippen LogP contribution in [0.4, 0.5) is 5.69 Å². The molecule has 1 aliphatic rings. The maximum absolute atomic E-state index is 12.5. The highest BCUT2D eigenvalue weighted by atomic mass is 32.1. The number of carbonyl (C=O) groups is 2. The van der Waals surface area contributed by atoms with Crippen LogP contribution in [0, 0.1) is 0 Å². The van der Waals surface area contributed by atoms with Crippen LogP contribution in [-0.2, 0) is 11.3 Å². The van der Waals surface area contributed by atoms with Crippen molar-refractivity contribution in [2.75, 3.05) is 25.7 Å². The fourth-order valence-electron chi connectivity index (χ4n) is 3.05. The number of nitrogens with zero attached hydrogens (tertiary/aromatic N) is 2. The first-order valence-corrected chi connectivity index (χ1v) is 9.58. The van der Waals surface area contributed by atoms with Gasteiger partial charge in [-0.05, 0) is 32.2 Å². The number of hydrogen-bond donors (Lipinski definition) is 1. The lowest BCUT2D eigenvalue weighted by molar-refractivity contribution is -0.117. The van der Waals surface area contributed by atoms with Crippen LogP contribution in [0.5, 0.6) is 11.5 Å². The van der Waals surface area contributed by atoms with E-state index in [-0.39, 0.29) is 25.0 Å². The maximum Gasteiger partial charge on any atom is 0.238 e. The zero-order chi connectivity index (χ0) is 19.7. The van der Waals surface area contributed by atoms with Crippen LogP contribution in [0.2, 0.25) is 0 Å². The molecule has 0 fully saturated rings. The molecule has 0 radical (unpaired) electrons. The van der Waals surface area contributed by atoms with Crippen molar-refractivity contribution in [3.8, 4) is 11.5 Å². The Labute approximate surface area is 165 Å². The van der Waals surface area contributed by atoms with E-state index in [1.165, 1.54) is 6.92 Å². The number of benzene rings is 2. The number of Topliss-reactive ketones (excluding diaryl/α,β-unsaturated/α-hetero) is 1. The SMILES string of the molecule is CC(=O)c1cc2c(cc1NC(=O)CN(C)Cc1nc3ccccc3s1)OCO2. The third-order valence-corrected chi connectivity index (χ3v) is 5.34. The lowest BCUT2D eigenvalue weighted by Gasteiger charge is -2.16. The quantitative estimate of drug-likeness (QED) is 0.643. The van der Waals surface area contributed by atoms with E-state index < -0.39 is 0 Å². The van der Waals surface area contributed by atoms with E-state index in [0.29, 0.717) is 29.3 Å². The Kier molecular flexibility index (Phi) is 4.97. The molecule has 0 saturated carbocycles. The number of para-hydroxylation sites is 1. The van der Waals surface area contributed by atoms with Gasteiger partial charge < -0.3 is 14.8 Å². The zero-order valence-electron chi connectivity index (χ0n) is 15.5. The lowest BCUT2D eigenvalue weighted by atomic mass is 10.1. The number of likely N-dealkylation sites (N-methyl/N-ethyl adjacent to an activating group) is 1. The second kappa shape index (κ2) is 7.57. The van der Waals surface area contributed by atoms with E-state index in [1.807, 2.05) is 36.2 Å². The van der Waals surface area contributed by atoms with E-state index in [4.69, 9.17) is 9.47 Å². The van der Waals surface area contributed by atoms with Gasteiger partial charge in [0, 0.05) is 11.6 Å². The van der Waals surface area contributed by atoms with Crippen LogP contribution >= 0.6 is 11.3 Å². The fraction of sp³-hybridized carbons (Fsp3) is 0.250. The molecular weight excluding hydrogens is 378 g/mol. The highest BCUT2D eigenvalue weighted by Crippen LogP contribution is 2.37. The van der Waals surface area contributed by atoms with E-state index in [0.717, 1.165) is 15.2 Å². The fourth-order valence-corrected chi connectivity index (χ4v) is 4.09. The van der Waals surface area contributed by atoms with Gasteiger partial charge in [0.25, 0.3) is 0 Å². The van der Waals surface area contributed by atoms with Gasteiger partial charge in [0.05, 0.1) is 29.0 Å². The first kappa shape index (κ1) is 18.4. The number of hydrogen-bond acceptors (Lipinski definition) is 7. The summed E-state index contributed by atoms with van der Waals surface area (Å²) in [5.74, 6) is 0.653. The number of rotatable bonds is 6. The normalized spacial score (nSPS) is 12.5. The number of anilines is 1. The molecule has 0 atom stereocenters. The smallest absolute Gasteiger partial charge is 0.238 e. The van der Waals surface area contributed by atoms with Crippen molar-refractivity contribution in [2.24, 2.45) is 0 Å². The average molecular weight is 397 g/mol. The number of carbonyl (C=O) groups excluding carboxylic acids is 2. The summed E-state index contributed by atoms with van der Waals surface area (Å²) in [6.45, 7) is 2.29. The molecule has 1 aliphatic heterocycles. The van der Waals surface area contributed by atoms with Gasteiger partial charge in [0.1, 0.15) is 5.01 Å². The van der Waals surface area contributed by atoms with Crippen molar-refractivity contribution < 1.29 is 19.1 Å². The van der Waals surface area contributed by atoms with Gasteiger partial charge in [-0.2, -0.15) is 0 Å². The van der Waals surface area contributed by atoms with E-state index in [9.17, 15) is 9.59 Å². The van der Waals surface area contributed by atoms with E-state index in [2.05, 4.69) is 10.3 Å². The molecule has 0 bridgehead atoms. The molecule has 3 aromatic rings. The lowest BCUT2D eigenvalue weighted by Crippen LogP contribution is -2.30. The van der Waals surface area contributed by atoms with Crippen molar-refractivity contribution in [1.29, 1.82) is 0 Å². The van der Waals surface area contributed by atoms with Gasteiger partial charge in [-0.25, -0.2) is 4.98 Å². The molecule has 0 aliphatic carbocycles. The minimum Gasteiger partial charge on any atom is -0.454 e. The van der Waals surface area contributed by atoms with Crippen molar-refractivity contribution in [1.82, 2.24) is 9.88 Å². The monoisotopic (exact) mass is 397 g/mol. The molecule has 0 spiro atoms. The molecule has 7 nitrogen and oxygen atoms in total. The molecule has 1 N–H and O–H groups in total. The predicted molar refractivity (Wildman–Crippen MR) is 107 cm³/mol. The van der Waals surface area contributed by atoms with Crippen LogP contribution in [0.25, 0.3) is 10.2 Å². The van der Waals surface area contributed by atoms with Crippen LogP contribution in [0.3, 0.4) is 0 Å². The largest absolute Gasteiger partial charge is 0.454 e. The van der Waals surface area contributed by atoms with Crippen molar-refractivity contribution in [2.45, 2.75) is 13.5 Å². The molecular formula is C20H19N3O4S. The van der Waals surface area contributed by atoms with Gasteiger partial charge in [0.2, 0.25) is 12.7 Å². The number of fused-ring (bicyclic) bond motifs is 2. The summed E-state index contributed by atoms with van der Waals surface area (Å²) >= 11 is 1.62. The highest BCUT2D eigenvalue weighted by Gasteiger charge is 2.21. The summed E-state index contributed by atoms with van der Waals surface area (Å²) in [7, 11) is 1.86. The maximum atomic E-state index is 12.5. The highest BCUT2D eigenvalue weighted by molar-refractivity contribution is 7.18. The number of nitrogens with one attached hydrogen (secondary N) is 1. The minimum absolute atomic E-state index is 0.106. The third kappa shape index (κ3) is 3.83. The van der Waals surface area contributed by atoms with Crippen molar-refractivity contribution >= 4 is 38.9 Å². The van der Waals surface area contributed by atoms with Crippen LogP contribution in [0.15, 0.2) is 36.4 Å². The minimum atomic E-state index is -0.218. The number of ether oxygens (including phenoxy) is 2. The van der Waals surface area contributed by atoms with Gasteiger partial charge in [-0.15, -0.1) is 11.3 Å². The zero-order valence-corrected chi connectivity index (χ0v) is 16.3. The van der Waals surface area contributed by atoms with Crippen LogP contribution in [0.1, 0.15) is 22.3 Å². The molecule has 0 unspecified atom stereocenters. The second-order valence-electron chi connectivity index (χ2n) is 6.60. The van der Waals surface area contributed by atoms with Crippen LogP contribution < -0.4 is 14.8 Å². The summed E-state index contributed by atoms with van der Waals surface area (Å²) in [5.41, 5.74) is 1.79. The first-order chi connectivity index (χ1) is 13.5. The predicted octanol–water partition coefficient (Wildman–Crippen LogP) is 3.30. The van der Waals surface area contributed by atoms with E-state index in [1.54, 1.807) is 23.5 Å². The average Bonchev–Trinajstić information content (AvgIpc) is 3.25. The van der Waals surface area contributed by atoms with Gasteiger partial charge in [0.15, 0.2) is 17.3 Å². The number of aromatic nitrogens is 1. The number of amides is 1.